The zero-order valence-corrected chi connectivity index (χ0v) is 19.4. The van der Waals surface area contributed by atoms with Gasteiger partial charge in [0.15, 0.2) is 11.0 Å². The van der Waals surface area contributed by atoms with E-state index < -0.39 is 6.04 Å². The van der Waals surface area contributed by atoms with Crippen LogP contribution >= 0.6 is 11.6 Å². The quantitative estimate of drug-likeness (QED) is 0.490. The predicted molar refractivity (Wildman–Crippen MR) is 129 cm³/mol. The number of benzene rings is 1. The Labute approximate surface area is 197 Å². The fourth-order valence-corrected chi connectivity index (χ4v) is 4.59. The van der Waals surface area contributed by atoms with Gasteiger partial charge in [-0.3, -0.25) is 14.2 Å². The lowest BCUT2D eigenvalue weighted by Crippen LogP contribution is -2.36. The van der Waals surface area contributed by atoms with Gasteiger partial charge in [-0.2, -0.15) is 0 Å². The minimum atomic E-state index is -0.655. The molecule has 3 aromatic rings. The van der Waals surface area contributed by atoms with Crippen molar-refractivity contribution < 1.29 is 4.79 Å². The number of hydrogen-bond acceptors (Lipinski definition) is 6. The molecule has 1 amide bonds. The monoisotopic (exact) mass is 466 g/mol. The van der Waals surface area contributed by atoms with Crippen molar-refractivity contribution in [1.82, 2.24) is 19.9 Å². The van der Waals surface area contributed by atoms with Gasteiger partial charge in [-0.1, -0.05) is 54.9 Å². The first kappa shape index (κ1) is 22.8. The van der Waals surface area contributed by atoms with Gasteiger partial charge in [-0.25, -0.2) is 9.97 Å². The van der Waals surface area contributed by atoms with Crippen LogP contribution in [0, 0.1) is 6.92 Å². The van der Waals surface area contributed by atoms with Crippen molar-refractivity contribution in [2.75, 3.05) is 11.1 Å². The van der Waals surface area contributed by atoms with E-state index in [-0.39, 0.29) is 28.4 Å². The van der Waals surface area contributed by atoms with Gasteiger partial charge in [-0.05, 0) is 37.0 Å². The summed E-state index contributed by atoms with van der Waals surface area (Å²) < 4.78 is 1.51. The Morgan fingerprint density at radius 2 is 1.94 bits per heavy atom. The number of nitrogens with zero attached hydrogens (tertiary/aromatic N) is 3. The first-order valence-electron chi connectivity index (χ1n) is 11.0. The van der Waals surface area contributed by atoms with E-state index >= 15 is 0 Å². The molecule has 9 heteroatoms. The van der Waals surface area contributed by atoms with Gasteiger partial charge >= 0.3 is 0 Å². The van der Waals surface area contributed by atoms with Gasteiger partial charge in [-0.15, -0.1) is 0 Å². The van der Waals surface area contributed by atoms with Crippen LogP contribution in [0.25, 0.3) is 0 Å². The number of nitrogens with two attached hydrogens (primary N) is 1. The highest BCUT2D eigenvalue weighted by Gasteiger charge is 2.38. The van der Waals surface area contributed by atoms with Gasteiger partial charge in [0.1, 0.15) is 11.9 Å². The van der Waals surface area contributed by atoms with E-state index in [9.17, 15) is 9.59 Å². The minimum Gasteiger partial charge on any atom is -0.384 e. The van der Waals surface area contributed by atoms with Gasteiger partial charge in [0.05, 0.1) is 5.69 Å². The van der Waals surface area contributed by atoms with Crippen LogP contribution in [-0.4, -0.2) is 20.4 Å². The van der Waals surface area contributed by atoms with Crippen LogP contribution in [0.5, 0.6) is 0 Å². The van der Waals surface area contributed by atoms with Crippen LogP contribution in [0.2, 0.25) is 5.15 Å². The Hall–Kier alpha value is -3.39. The number of halogens is 1. The van der Waals surface area contributed by atoms with Gasteiger partial charge in [0, 0.05) is 24.7 Å². The maximum atomic E-state index is 13.4. The largest absolute Gasteiger partial charge is 0.384 e. The molecule has 4 rings (SSSR count). The summed E-state index contributed by atoms with van der Waals surface area (Å²) in [6, 6.07) is 12.6. The van der Waals surface area contributed by atoms with Crippen molar-refractivity contribution in [3.63, 3.8) is 0 Å². The molecule has 33 heavy (non-hydrogen) atoms. The molecule has 3 heterocycles. The van der Waals surface area contributed by atoms with E-state index in [1.807, 2.05) is 50.2 Å². The van der Waals surface area contributed by atoms with Crippen LogP contribution in [0.15, 0.2) is 47.3 Å². The summed E-state index contributed by atoms with van der Waals surface area (Å²) in [4.78, 5) is 35.1. The number of nitrogen functional groups attached to an aromatic ring is 1. The Morgan fingerprint density at radius 3 is 2.64 bits per heavy atom. The number of hydrogen-bond donors (Lipinski definition) is 3. The lowest BCUT2D eigenvalue weighted by Gasteiger charge is -2.17. The molecule has 8 nitrogen and oxygen atoms in total. The third-order valence-electron chi connectivity index (χ3n) is 6.08. The third kappa shape index (κ3) is 4.71. The van der Waals surface area contributed by atoms with Gasteiger partial charge < -0.3 is 16.4 Å². The maximum absolute atomic E-state index is 13.4. The summed E-state index contributed by atoms with van der Waals surface area (Å²) in [5.74, 6) is 0.321. The van der Waals surface area contributed by atoms with E-state index in [1.165, 1.54) is 4.57 Å². The molecular weight excluding hydrogens is 440 g/mol. The number of anilines is 2. The number of aryl methyl sites for hydroxylation is 1. The number of carbonyl (C=O) groups excluding carboxylic acids is 1. The second-order valence-corrected chi connectivity index (χ2v) is 8.56. The normalized spacial score (nSPS) is 16.9. The topological polar surface area (TPSA) is 115 Å². The summed E-state index contributed by atoms with van der Waals surface area (Å²) >= 11 is 6.52. The van der Waals surface area contributed by atoms with E-state index in [2.05, 4.69) is 20.6 Å². The molecule has 1 aromatic carbocycles. The number of fused-ring (bicyclic) bond motifs is 1. The number of amides is 1. The molecule has 0 radical (unpaired) electrons. The van der Waals surface area contributed by atoms with Crippen molar-refractivity contribution in [3.8, 4) is 0 Å². The first-order valence-corrected chi connectivity index (χ1v) is 11.4. The van der Waals surface area contributed by atoms with Gasteiger partial charge in [0.25, 0.3) is 5.56 Å². The summed E-state index contributed by atoms with van der Waals surface area (Å²) in [6.07, 6.45) is 1.25. The molecule has 1 aliphatic rings. The Bertz CT molecular complexity index is 1230. The number of nitrogens with one attached hydrogen (secondary N) is 2. The molecule has 4 N–H and O–H groups in total. The maximum Gasteiger partial charge on any atom is 0.294 e. The second kappa shape index (κ2) is 9.62. The van der Waals surface area contributed by atoms with Crippen molar-refractivity contribution in [2.24, 2.45) is 0 Å². The van der Waals surface area contributed by atoms with Crippen LogP contribution in [-0.2, 0) is 17.9 Å². The van der Waals surface area contributed by atoms with Crippen molar-refractivity contribution in [2.45, 2.75) is 51.7 Å². The van der Waals surface area contributed by atoms with E-state index in [0.29, 0.717) is 31.0 Å². The van der Waals surface area contributed by atoms with E-state index in [4.69, 9.17) is 17.3 Å². The minimum absolute atomic E-state index is 0.0171. The Kier molecular flexibility index (Phi) is 6.65. The zero-order valence-electron chi connectivity index (χ0n) is 18.6. The standard InChI is InChI=1S/C24H27ClN6O2/c1-3-16-11-18(23(32)28-13-17-9-10-19(26)29-14(17)2)31-20(16)21(25)30-22(24(31)33)27-12-15-7-5-4-6-8-15/h4-10,16,18H,3,11-13H2,1-2H3,(H2,26,29)(H,27,30)(H,28,32)/t16-,18-/m0/s1. The molecule has 0 saturated heterocycles. The lowest BCUT2D eigenvalue weighted by atomic mass is 9.99. The van der Waals surface area contributed by atoms with Gasteiger partial charge in [0.2, 0.25) is 5.91 Å². The van der Waals surface area contributed by atoms with E-state index in [1.54, 1.807) is 6.07 Å². The van der Waals surface area contributed by atoms with Crippen LogP contribution in [0.4, 0.5) is 11.6 Å². The van der Waals surface area contributed by atoms with E-state index in [0.717, 1.165) is 23.2 Å². The van der Waals surface area contributed by atoms with Crippen molar-refractivity contribution >= 4 is 29.1 Å². The molecule has 1 aliphatic heterocycles. The smallest absolute Gasteiger partial charge is 0.294 e. The molecule has 0 saturated carbocycles. The summed E-state index contributed by atoms with van der Waals surface area (Å²) in [5, 5.41) is 6.28. The molecule has 172 valence electrons. The zero-order chi connectivity index (χ0) is 23.5. The number of carbonyl (C=O) groups is 1. The average molecular weight is 467 g/mol. The summed E-state index contributed by atoms with van der Waals surface area (Å²) in [7, 11) is 0. The molecule has 0 bridgehead atoms. The third-order valence-corrected chi connectivity index (χ3v) is 6.35. The van der Waals surface area contributed by atoms with Crippen molar-refractivity contribution in [1.29, 1.82) is 0 Å². The highest BCUT2D eigenvalue weighted by molar-refractivity contribution is 6.30. The number of rotatable bonds is 7. The molecule has 0 aliphatic carbocycles. The van der Waals surface area contributed by atoms with Crippen LogP contribution in [0.1, 0.15) is 54.2 Å². The Balaban J connectivity index is 1.59. The SMILES string of the molecule is CC[C@H]1C[C@@H](C(=O)NCc2ccc(N)nc2C)n2c1c(Cl)nc(NCc1ccccc1)c2=O. The number of pyridine rings is 1. The predicted octanol–water partition coefficient (Wildman–Crippen LogP) is 3.55. The molecule has 0 spiro atoms. The summed E-state index contributed by atoms with van der Waals surface area (Å²) in [5.41, 5.74) is 8.63. The fraction of sp³-hybridized carbons (Fsp3) is 0.333. The van der Waals surface area contributed by atoms with Crippen LogP contribution < -0.4 is 21.9 Å². The first-order chi connectivity index (χ1) is 15.9. The fourth-order valence-electron chi connectivity index (χ4n) is 4.26. The molecule has 2 atom stereocenters. The summed E-state index contributed by atoms with van der Waals surface area (Å²) in [6.45, 7) is 4.58. The average Bonchev–Trinajstić information content (AvgIpc) is 3.21. The molecular formula is C24H27ClN6O2. The highest BCUT2D eigenvalue weighted by atomic mass is 35.5. The van der Waals surface area contributed by atoms with Crippen LogP contribution in [0.3, 0.4) is 0 Å². The Morgan fingerprint density at radius 1 is 1.18 bits per heavy atom. The number of aromatic nitrogens is 3. The van der Waals surface area contributed by atoms with Crippen molar-refractivity contribution in [3.05, 3.63) is 80.5 Å². The highest BCUT2D eigenvalue weighted by Crippen LogP contribution is 2.40. The lowest BCUT2D eigenvalue weighted by molar-refractivity contribution is -0.124. The second-order valence-electron chi connectivity index (χ2n) is 8.21. The molecule has 0 fully saturated rings. The molecule has 2 aromatic heterocycles. The molecule has 0 unspecified atom stereocenters.